The van der Waals surface area contributed by atoms with Crippen molar-refractivity contribution in [1.82, 2.24) is 4.90 Å². The average molecular weight is 421 g/mol. The molecule has 2 amide bonds. The number of carbonyl (C=O) groups excluding carboxylic acids is 2. The van der Waals surface area contributed by atoms with Crippen LogP contribution in [0.25, 0.3) is 0 Å². The zero-order valence-electron chi connectivity index (χ0n) is 14.0. The quantitative estimate of drug-likeness (QED) is 0.792. The lowest BCUT2D eigenvalue weighted by atomic mass is 9.96. The van der Waals surface area contributed by atoms with Crippen LogP contribution >= 0.6 is 15.9 Å². The van der Waals surface area contributed by atoms with Crippen LogP contribution in [0.1, 0.15) is 32.3 Å². The highest BCUT2D eigenvalue weighted by molar-refractivity contribution is 9.10. The summed E-state index contributed by atoms with van der Waals surface area (Å²) in [5.41, 5.74) is -0.751. The van der Waals surface area contributed by atoms with Crippen LogP contribution in [0.2, 0.25) is 0 Å². The first kappa shape index (κ1) is 19.8. The van der Waals surface area contributed by atoms with Crippen molar-refractivity contribution in [3.63, 3.8) is 0 Å². The molecule has 1 atom stereocenters. The van der Waals surface area contributed by atoms with E-state index in [1.165, 1.54) is 12.1 Å². The molecule has 4 nitrogen and oxygen atoms in total. The maximum Gasteiger partial charge on any atom is 0.417 e. The number of halogens is 4. The smallest absolute Gasteiger partial charge is 0.342 e. The van der Waals surface area contributed by atoms with Gasteiger partial charge in [0.2, 0.25) is 11.8 Å². The molecule has 1 aromatic carbocycles. The van der Waals surface area contributed by atoms with E-state index < -0.39 is 17.7 Å². The standard InChI is InChI=1S/C17H20BrF3N2O2/c1-10(2)16(25)23-7-3-4-11(9-23)15(24)22-12-5-6-14(18)13(8-12)17(19,20)21/h5-6,8,10-11H,3-4,7,9H2,1-2H3,(H,22,24)/t11-/m1/s1. The Hall–Kier alpha value is -1.57. The van der Waals surface area contributed by atoms with Gasteiger partial charge in [-0.25, -0.2) is 0 Å². The van der Waals surface area contributed by atoms with Gasteiger partial charge in [0, 0.05) is 29.2 Å². The van der Waals surface area contributed by atoms with Crippen LogP contribution in [0.15, 0.2) is 22.7 Å². The van der Waals surface area contributed by atoms with E-state index in [2.05, 4.69) is 21.2 Å². The zero-order chi connectivity index (χ0) is 18.8. The lowest BCUT2D eigenvalue weighted by molar-refractivity contribution is -0.139. The van der Waals surface area contributed by atoms with E-state index in [1.54, 1.807) is 18.7 Å². The molecule has 1 saturated heterocycles. The highest BCUT2D eigenvalue weighted by Gasteiger charge is 2.34. The molecular formula is C17H20BrF3N2O2. The number of alkyl halides is 3. The number of piperidine rings is 1. The van der Waals surface area contributed by atoms with Crippen molar-refractivity contribution in [3.8, 4) is 0 Å². The van der Waals surface area contributed by atoms with Crippen LogP contribution in [0.4, 0.5) is 18.9 Å². The highest BCUT2D eigenvalue weighted by atomic mass is 79.9. The first-order valence-corrected chi connectivity index (χ1v) is 8.85. The Morgan fingerprint density at radius 1 is 1.32 bits per heavy atom. The molecule has 1 aliphatic heterocycles. The number of nitrogens with one attached hydrogen (secondary N) is 1. The number of nitrogens with zero attached hydrogens (tertiary/aromatic N) is 1. The Bertz CT molecular complexity index is 662. The minimum atomic E-state index is -4.51. The van der Waals surface area contributed by atoms with E-state index in [4.69, 9.17) is 0 Å². The van der Waals surface area contributed by atoms with E-state index in [1.807, 2.05) is 0 Å². The molecule has 138 valence electrons. The molecule has 0 spiro atoms. The third kappa shape index (κ3) is 4.96. The molecule has 8 heteroatoms. The van der Waals surface area contributed by atoms with Crippen molar-refractivity contribution < 1.29 is 22.8 Å². The summed E-state index contributed by atoms with van der Waals surface area (Å²) in [5.74, 6) is -0.950. The van der Waals surface area contributed by atoms with Gasteiger partial charge in [-0.3, -0.25) is 9.59 Å². The topological polar surface area (TPSA) is 49.4 Å². The second-order valence-electron chi connectivity index (χ2n) is 6.46. The summed E-state index contributed by atoms with van der Waals surface area (Å²) in [7, 11) is 0. The van der Waals surface area contributed by atoms with E-state index in [9.17, 15) is 22.8 Å². The Morgan fingerprint density at radius 2 is 2.00 bits per heavy atom. The van der Waals surface area contributed by atoms with Gasteiger partial charge < -0.3 is 10.2 Å². The van der Waals surface area contributed by atoms with Gasteiger partial charge in [-0.15, -0.1) is 0 Å². The largest absolute Gasteiger partial charge is 0.417 e. The van der Waals surface area contributed by atoms with Crippen LogP contribution in [0, 0.1) is 11.8 Å². The normalized spacial score (nSPS) is 18.4. The zero-order valence-corrected chi connectivity index (χ0v) is 15.6. The minimum Gasteiger partial charge on any atom is -0.342 e. The minimum absolute atomic E-state index is 0.0134. The summed E-state index contributed by atoms with van der Waals surface area (Å²) in [6.45, 7) is 4.50. The van der Waals surface area contributed by atoms with E-state index in [0.29, 0.717) is 25.9 Å². The number of anilines is 1. The maximum atomic E-state index is 12.9. The molecule has 25 heavy (non-hydrogen) atoms. The van der Waals surface area contributed by atoms with E-state index >= 15 is 0 Å². The van der Waals surface area contributed by atoms with Crippen molar-refractivity contribution in [2.75, 3.05) is 18.4 Å². The fourth-order valence-electron chi connectivity index (χ4n) is 2.82. The van der Waals surface area contributed by atoms with Crippen LogP contribution < -0.4 is 5.32 Å². The van der Waals surface area contributed by atoms with Crippen LogP contribution in [0.5, 0.6) is 0 Å². The molecule has 0 aromatic heterocycles. The summed E-state index contributed by atoms with van der Waals surface area (Å²) < 4.78 is 38.8. The van der Waals surface area contributed by atoms with Gasteiger partial charge in [-0.1, -0.05) is 29.8 Å². The molecular weight excluding hydrogens is 401 g/mol. The van der Waals surface area contributed by atoms with Gasteiger partial charge >= 0.3 is 6.18 Å². The number of hydrogen-bond acceptors (Lipinski definition) is 2. The lowest BCUT2D eigenvalue weighted by Gasteiger charge is -2.33. The second kappa shape index (κ2) is 7.76. The number of benzene rings is 1. The molecule has 1 fully saturated rings. The molecule has 0 radical (unpaired) electrons. The van der Waals surface area contributed by atoms with Gasteiger partial charge in [-0.2, -0.15) is 13.2 Å². The summed E-state index contributed by atoms with van der Waals surface area (Å²) >= 11 is 2.87. The summed E-state index contributed by atoms with van der Waals surface area (Å²) in [6, 6.07) is 3.58. The maximum absolute atomic E-state index is 12.9. The van der Waals surface area contributed by atoms with Gasteiger partial charge in [0.15, 0.2) is 0 Å². The third-order valence-corrected chi connectivity index (χ3v) is 4.83. The predicted octanol–water partition coefficient (Wildman–Crippen LogP) is 4.30. The molecule has 1 N–H and O–H groups in total. The fourth-order valence-corrected chi connectivity index (χ4v) is 3.29. The average Bonchev–Trinajstić information content (AvgIpc) is 2.54. The number of carbonyl (C=O) groups is 2. The number of hydrogen-bond donors (Lipinski definition) is 1. The van der Waals surface area contributed by atoms with Crippen LogP contribution in [-0.2, 0) is 15.8 Å². The van der Waals surface area contributed by atoms with Crippen LogP contribution in [0.3, 0.4) is 0 Å². The highest BCUT2D eigenvalue weighted by Crippen LogP contribution is 2.36. The molecule has 0 unspecified atom stereocenters. The molecule has 0 aliphatic carbocycles. The number of likely N-dealkylation sites (tertiary alicyclic amines) is 1. The predicted molar refractivity (Wildman–Crippen MR) is 91.9 cm³/mol. The molecule has 1 aromatic rings. The number of amides is 2. The van der Waals surface area contributed by atoms with Crippen molar-refractivity contribution in [2.24, 2.45) is 11.8 Å². The van der Waals surface area contributed by atoms with Gasteiger partial charge in [0.25, 0.3) is 0 Å². The van der Waals surface area contributed by atoms with Crippen molar-refractivity contribution in [3.05, 3.63) is 28.2 Å². The van der Waals surface area contributed by atoms with Gasteiger partial charge in [0.05, 0.1) is 11.5 Å². The Morgan fingerprint density at radius 3 is 2.60 bits per heavy atom. The second-order valence-corrected chi connectivity index (χ2v) is 7.31. The Balaban J connectivity index is 2.08. The first-order valence-electron chi connectivity index (χ1n) is 8.06. The molecule has 0 saturated carbocycles. The first-order chi connectivity index (χ1) is 11.6. The SMILES string of the molecule is CC(C)C(=O)N1CCC[C@@H](C(=O)Nc2ccc(Br)c(C(F)(F)F)c2)C1. The summed E-state index contributed by atoms with van der Waals surface area (Å²) in [6.07, 6.45) is -3.20. The number of rotatable bonds is 3. The Kier molecular flexibility index (Phi) is 6.13. The van der Waals surface area contributed by atoms with Crippen molar-refractivity contribution >= 4 is 33.4 Å². The molecule has 1 aliphatic rings. The summed E-state index contributed by atoms with van der Waals surface area (Å²) in [4.78, 5) is 26.1. The fraction of sp³-hybridized carbons (Fsp3) is 0.529. The van der Waals surface area contributed by atoms with Crippen molar-refractivity contribution in [1.29, 1.82) is 0 Å². The molecule has 0 bridgehead atoms. The van der Waals surface area contributed by atoms with E-state index in [-0.39, 0.29) is 27.9 Å². The monoisotopic (exact) mass is 420 g/mol. The summed E-state index contributed by atoms with van der Waals surface area (Å²) in [5, 5.41) is 2.54. The third-order valence-electron chi connectivity index (χ3n) is 4.14. The van der Waals surface area contributed by atoms with Crippen molar-refractivity contribution in [2.45, 2.75) is 32.9 Å². The Labute approximate surface area is 152 Å². The van der Waals surface area contributed by atoms with E-state index in [0.717, 1.165) is 6.07 Å². The lowest BCUT2D eigenvalue weighted by Crippen LogP contribution is -2.45. The van der Waals surface area contributed by atoms with Gasteiger partial charge in [0.1, 0.15) is 0 Å². The van der Waals surface area contributed by atoms with Gasteiger partial charge in [-0.05, 0) is 31.0 Å². The van der Waals surface area contributed by atoms with Crippen LogP contribution in [-0.4, -0.2) is 29.8 Å². The molecule has 1 heterocycles. The molecule has 2 rings (SSSR count).